The third-order valence-corrected chi connectivity index (χ3v) is 7.47. The summed E-state index contributed by atoms with van der Waals surface area (Å²) in [4.78, 5) is 4.43. The molecule has 0 atom stereocenters. The Labute approximate surface area is 153 Å². The molecule has 4 aromatic rings. The standard InChI is InChI=1S/C23H18NOP/c25-26(20-11-3-1-4-12-20,21-13-5-2-6-14-21)22-15-9-10-19(18-22)23-16-7-8-17-24-23/h1-18H. The summed E-state index contributed by atoms with van der Waals surface area (Å²) >= 11 is 0. The molecule has 4 rings (SSSR count). The summed E-state index contributed by atoms with van der Waals surface area (Å²) in [6.45, 7) is 0. The smallest absolute Gasteiger partial charge is 0.171 e. The van der Waals surface area contributed by atoms with Gasteiger partial charge in [0.1, 0.15) is 0 Å². The fourth-order valence-electron chi connectivity index (χ4n) is 3.12. The maximum Gasteiger partial charge on any atom is 0.171 e. The molecule has 3 heteroatoms. The van der Waals surface area contributed by atoms with Crippen LogP contribution in [0.3, 0.4) is 0 Å². The second-order valence-corrected chi connectivity index (χ2v) is 8.81. The molecule has 3 aromatic carbocycles. The molecule has 0 saturated heterocycles. The van der Waals surface area contributed by atoms with Crippen molar-refractivity contribution in [3.8, 4) is 11.3 Å². The van der Waals surface area contributed by atoms with Gasteiger partial charge in [0.25, 0.3) is 0 Å². The molecule has 126 valence electrons. The van der Waals surface area contributed by atoms with Gasteiger partial charge in [-0.15, -0.1) is 0 Å². The van der Waals surface area contributed by atoms with Gasteiger partial charge in [-0.05, 0) is 18.2 Å². The van der Waals surface area contributed by atoms with Crippen LogP contribution in [-0.2, 0) is 4.57 Å². The van der Waals surface area contributed by atoms with Crippen molar-refractivity contribution in [3.63, 3.8) is 0 Å². The highest BCUT2D eigenvalue weighted by molar-refractivity contribution is 7.85. The van der Waals surface area contributed by atoms with E-state index in [2.05, 4.69) is 4.98 Å². The fourth-order valence-corrected chi connectivity index (χ4v) is 5.81. The zero-order valence-electron chi connectivity index (χ0n) is 14.2. The largest absolute Gasteiger partial charge is 0.309 e. The van der Waals surface area contributed by atoms with E-state index in [-0.39, 0.29) is 0 Å². The predicted octanol–water partition coefficient (Wildman–Crippen LogP) is 4.39. The van der Waals surface area contributed by atoms with Gasteiger partial charge in [0, 0.05) is 27.7 Å². The average Bonchev–Trinajstić information content (AvgIpc) is 2.75. The van der Waals surface area contributed by atoms with E-state index >= 15 is 0 Å². The summed E-state index contributed by atoms with van der Waals surface area (Å²) in [7, 11) is -2.95. The van der Waals surface area contributed by atoms with E-state index in [9.17, 15) is 4.57 Å². The second kappa shape index (κ2) is 7.11. The van der Waals surface area contributed by atoms with Gasteiger partial charge in [0.05, 0.1) is 5.69 Å². The predicted molar refractivity (Wildman–Crippen MR) is 109 cm³/mol. The summed E-state index contributed by atoms with van der Waals surface area (Å²) in [6, 6.07) is 33.2. The molecule has 1 aromatic heterocycles. The Morgan fingerprint density at radius 1 is 0.577 bits per heavy atom. The van der Waals surface area contributed by atoms with Crippen LogP contribution in [0.15, 0.2) is 109 Å². The Morgan fingerprint density at radius 2 is 1.15 bits per heavy atom. The lowest BCUT2D eigenvalue weighted by atomic mass is 10.1. The summed E-state index contributed by atoms with van der Waals surface area (Å²) in [6.07, 6.45) is 1.77. The van der Waals surface area contributed by atoms with Gasteiger partial charge in [-0.25, -0.2) is 0 Å². The monoisotopic (exact) mass is 355 g/mol. The van der Waals surface area contributed by atoms with Gasteiger partial charge in [0.2, 0.25) is 0 Å². The van der Waals surface area contributed by atoms with Crippen LogP contribution >= 0.6 is 7.14 Å². The van der Waals surface area contributed by atoms with E-state index in [0.717, 1.165) is 27.2 Å². The van der Waals surface area contributed by atoms with Gasteiger partial charge in [-0.3, -0.25) is 4.98 Å². The molecule has 0 radical (unpaired) electrons. The molecule has 26 heavy (non-hydrogen) atoms. The summed E-state index contributed by atoms with van der Waals surface area (Å²) in [5, 5.41) is 2.49. The number of benzene rings is 3. The van der Waals surface area contributed by atoms with E-state index in [1.54, 1.807) is 6.20 Å². The molecule has 0 aliphatic rings. The first-order chi connectivity index (χ1) is 12.8. The zero-order chi connectivity index (χ0) is 17.8. The van der Waals surface area contributed by atoms with Gasteiger partial charge in [-0.1, -0.05) is 84.9 Å². The molecule has 0 amide bonds. The van der Waals surface area contributed by atoms with Crippen LogP contribution in [0.1, 0.15) is 0 Å². The highest BCUT2D eigenvalue weighted by atomic mass is 31.2. The van der Waals surface area contributed by atoms with Gasteiger partial charge in [0.15, 0.2) is 7.14 Å². The number of hydrogen-bond acceptors (Lipinski definition) is 2. The van der Waals surface area contributed by atoms with Crippen molar-refractivity contribution in [1.82, 2.24) is 4.98 Å². The second-order valence-electron chi connectivity index (χ2n) is 6.05. The minimum absolute atomic E-state index is 0.818. The maximum absolute atomic E-state index is 14.4. The summed E-state index contributed by atoms with van der Waals surface area (Å²) < 4.78 is 14.4. The van der Waals surface area contributed by atoms with Crippen molar-refractivity contribution >= 4 is 23.1 Å². The molecule has 0 aliphatic heterocycles. The van der Waals surface area contributed by atoms with Crippen molar-refractivity contribution < 1.29 is 4.57 Å². The Hall–Kier alpha value is -2.96. The van der Waals surface area contributed by atoms with Gasteiger partial charge >= 0.3 is 0 Å². The first kappa shape index (κ1) is 16.5. The first-order valence-electron chi connectivity index (χ1n) is 8.52. The van der Waals surface area contributed by atoms with E-state index in [4.69, 9.17) is 0 Å². The number of aromatic nitrogens is 1. The highest BCUT2D eigenvalue weighted by Crippen LogP contribution is 2.42. The van der Waals surface area contributed by atoms with Crippen LogP contribution in [0.25, 0.3) is 11.3 Å². The molecule has 1 heterocycles. The topological polar surface area (TPSA) is 30.0 Å². The van der Waals surface area contributed by atoms with E-state index in [1.165, 1.54) is 0 Å². The third kappa shape index (κ3) is 3.00. The van der Waals surface area contributed by atoms with Crippen molar-refractivity contribution in [3.05, 3.63) is 109 Å². The minimum Gasteiger partial charge on any atom is -0.309 e. The van der Waals surface area contributed by atoms with Crippen LogP contribution in [0.4, 0.5) is 0 Å². The first-order valence-corrected chi connectivity index (χ1v) is 10.2. The van der Waals surface area contributed by atoms with Crippen LogP contribution in [0.5, 0.6) is 0 Å². The van der Waals surface area contributed by atoms with E-state index in [1.807, 2.05) is 103 Å². The van der Waals surface area contributed by atoms with E-state index in [0.29, 0.717) is 0 Å². The number of pyridine rings is 1. The Balaban J connectivity index is 1.93. The van der Waals surface area contributed by atoms with Crippen LogP contribution in [-0.4, -0.2) is 4.98 Å². The number of rotatable bonds is 4. The minimum atomic E-state index is -2.95. The van der Waals surface area contributed by atoms with Crippen molar-refractivity contribution in [2.24, 2.45) is 0 Å². The van der Waals surface area contributed by atoms with Crippen LogP contribution in [0, 0.1) is 0 Å². The highest BCUT2D eigenvalue weighted by Gasteiger charge is 2.29. The SMILES string of the molecule is O=P(c1ccccc1)(c1ccccc1)c1cccc(-c2ccccn2)c1. The third-order valence-electron chi connectivity index (χ3n) is 4.41. The summed E-state index contributed by atoms with van der Waals surface area (Å²) in [5.74, 6) is 0. The molecule has 0 unspecified atom stereocenters. The summed E-state index contributed by atoms with van der Waals surface area (Å²) in [5.41, 5.74) is 1.84. The van der Waals surface area contributed by atoms with E-state index < -0.39 is 7.14 Å². The average molecular weight is 355 g/mol. The Kier molecular flexibility index (Phi) is 4.51. The zero-order valence-corrected chi connectivity index (χ0v) is 15.1. The van der Waals surface area contributed by atoms with Gasteiger partial charge in [-0.2, -0.15) is 0 Å². The molecular weight excluding hydrogens is 337 g/mol. The lowest BCUT2D eigenvalue weighted by Gasteiger charge is -2.20. The molecule has 0 bridgehead atoms. The lowest BCUT2D eigenvalue weighted by molar-refractivity contribution is 0.592. The fraction of sp³-hybridized carbons (Fsp3) is 0. The molecule has 0 N–H and O–H groups in total. The van der Waals surface area contributed by atoms with Gasteiger partial charge < -0.3 is 4.57 Å². The van der Waals surface area contributed by atoms with Crippen molar-refractivity contribution in [2.45, 2.75) is 0 Å². The Bertz CT molecular complexity index is 1000. The molecule has 0 fully saturated rings. The molecular formula is C23H18NOP. The number of hydrogen-bond donors (Lipinski definition) is 0. The lowest BCUT2D eigenvalue weighted by Crippen LogP contribution is -2.25. The van der Waals surface area contributed by atoms with Crippen molar-refractivity contribution in [1.29, 1.82) is 0 Å². The normalized spacial score (nSPS) is 11.2. The maximum atomic E-state index is 14.4. The van der Waals surface area contributed by atoms with Crippen molar-refractivity contribution in [2.75, 3.05) is 0 Å². The number of nitrogens with zero attached hydrogens (tertiary/aromatic N) is 1. The molecule has 0 saturated carbocycles. The Morgan fingerprint density at radius 3 is 1.73 bits per heavy atom. The van der Waals surface area contributed by atoms with Crippen LogP contribution < -0.4 is 15.9 Å². The quantitative estimate of drug-likeness (QED) is 0.508. The van der Waals surface area contributed by atoms with Crippen LogP contribution in [0.2, 0.25) is 0 Å². The molecule has 0 spiro atoms. The molecule has 0 aliphatic carbocycles. The molecule has 2 nitrogen and oxygen atoms in total.